The lowest BCUT2D eigenvalue weighted by Gasteiger charge is -2.10. The highest BCUT2D eigenvalue weighted by atomic mass is 35.5. The standard InChI is InChI=1S/C19H18ClNO4S/c1-12(22)26-11-15-5-3-2-4-13(15)7-9-18(23)21-17-10-14(19(24)25)6-8-16(17)20/h2-6,8,10H,7,9,11H2,1H3,(H,21,23)(H,24,25). The summed E-state index contributed by atoms with van der Waals surface area (Å²) in [5.41, 5.74) is 2.35. The molecule has 5 nitrogen and oxygen atoms in total. The maximum atomic E-state index is 12.2. The summed E-state index contributed by atoms with van der Waals surface area (Å²) in [7, 11) is 0. The topological polar surface area (TPSA) is 83.5 Å². The lowest BCUT2D eigenvalue weighted by atomic mass is 10.0. The summed E-state index contributed by atoms with van der Waals surface area (Å²) in [5.74, 6) is -0.780. The summed E-state index contributed by atoms with van der Waals surface area (Å²) >= 11 is 7.25. The molecule has 0 aliphatic rings. The van der Waals surface area contributed by atoms with E-state index in [1.807, 2.05) is 24.3 Å². The molecule has 136 valence electrons. The van der Waals surface area contributed by atoms with E-state index in [0.717, 1.165) is 11.1 Å². The lowest BCUT2D eigenvalue weighted by molar-refractivity contribution is -0.116. The zero-order valence-electron chi connectivity index (χ0n) is 14.1. The molecule has 2 rings (SSSR count). The van der Waals surface area contributed by atoms with Crippen molar-refractivity contribution in [3.8, 4) is 0 Å². The first-order valence-corrected chi connectivity index (χ1v) is 9.26. The molecule has 2 N–H and O–H groups in total. The number of nitrogens with one attached hydrogen (secondary N) is 1. The number of carboxylic acids is 1. The molecule has 0 aliphatic carbocycles. The van der Waals surface area contributed by atoms with Gasteiger partial charge in [0.2, 0.25) is 5.91 Å². The van der Waals surface area contributed by atoms with Crippen molar-refractivity contribution in [3.63, 3.8) is 0 Å². The van der Waals surface area contributed by atoms with E-state index in [-0.39, 0.29) is 33.7 Å². The van der Waals surface area contributed by atoms with E-state index in [0.29, 0.717) is 12.2 Å². The monoisotopic (exact) mass is 391 g/mol. The highest BCUT2D eigenvalue weighted by molar-refractivity contribution is 8.12. The molecule has 0 unspecified atom stereocenters. The summed E-state index contributed by atoms with van der Waals surface area (Å²) < 4.78 is 0. The fourth-order valence-electron chi connectivity index (χ4n) is 2.34. The van der Waals surface area contributed by atoms with Crippen molar-refractivity contribution in [2.75, 3.05) is 5.32 Å². The predicted molar refractivity (Wildman–Crippen MR) is 104 cm³/mol. The number of hydrogen-bond donors (Lipinski definition) is 2. The van der Waals surface area contributed by atoms with Crippen LogP contribution in [0.1, 0.15) is 34.8 Å². The predicted octanol–water partition coefficient (Wildman–Crippen LogP) is 4.39. The van der Waals surface area contributed by atoms with Gasteiger partial charge in [-0.2, -0.15) is 0 Å². The second-order valence-electron chi connectivity index (χ2n) is 5.60. The Bertz CT molecular complexity index is 838. The molecular weight excluding hydrogens is 374 g/mol. The molecule has 0 aliphatic heterocycles. The van der Waals surface area contributed by atoms with Crippen molar-refractivity contribution < 1.29 is 19.5 Å². The quantitative estimate of drug-likeness (QED) is 0.731. The Labute approximate surface area is 160 Å². The summed E-state index contributed by atoms with van der Waals surface area (Å²) in [6.07, 6.45) is 0.728. The number of halogens is 1. The normalized spacial score (nSPS) is 10.4. The smallest absolute Gasteiger partial charge is 0.335 e. The van der Waals surface area contributed by atoms with E-state index >= 15 is 0 Å². The van der Waals surface area contributed by atoms with Gasteiger partial charge in [0.1, 0.15) is 0 Å². The number of amides is 1. The van der Waals surface area contributed by atoms with Gasteiger partial charge in [0, 0.05) is 19.1 Å². The third kappa shape index (κ3) is 5.89. The fraction of sp³-hybridized carbons (Fsp3) is 0.211. The molecule has 1 amide bonds. The molecule has 26 heavy (non-hydrogen) atoms. The number of carbonyl (C=O) groups excluding carboxylic acids is 2. The number of carboxylic acid groups (broad SMARTS) is 1. The molecule has 0 saturated carbocycles. The number of benzene rings is 2. The fourth-order valence-corrected chi connectivity index (χ4v) is 3.14. The summed E-state index contributed by atoms with van der Waals surface area (Å²) in [4.78, 5) is 34.4. The highest BCUT2D eigenvalue weighted by Gasteiger charge is 2.11. The van der Waals surface area contributed by atoms with Crippen molar-refractivity contribution >= 4 is 46.0 Å². The van der Waals surface area contributed by atoms with Crippen LogP contribution in [0.3, 0.4) is 0 Å². The van der Waals surface area contributed by atoms with Gasteiger partial charge in [-0.3, -0.25) is 9.59 Å². The van der Waals surface area contributed by atoms with Crippen LogP contribution in [0.2, 0.25) is 5.02 Å². The molecule has 0 atom stereocenters. The Kier molecular flexibility index (Phi) is 7.24. The van der Waals surface area contributed by atoms with Gasteiger partial charge in [0.15, 0.2) is 5.12 Å². The first kappa shape index (κ1) is 20.0. The Morgan fingerprint density at radius 3 is 2.46 bits per heavy atom. The number of carbonyl (C=O) groups is 3. The second-order valence-corrected chi connectivity index (χ2v) is 7.16. The van der Waals surface area contributed by atoms with E-state index < -0.39 is 5.97 Å². The van der Waals surface area contributed by atoms with Gasteiger partial charge in [-0.15, -0.1) is 0 Å². The molecule has 0 fully saturated rings. The molecule has 0 aromatic heterocycles. The molecule has 0 heterocycles. The van der Waals surface area contributed by atoms with Crippen LogP contribution in [-0.4, -0.2) is 22.1 Å². The first-order chi connectivity index (χ1) is 12.4. The SMILES string of the molecule is CC(=O)SCc1ccccc1CCC(=O)Nc1cc(C(=O)O)ccc1Cl. The lowest BCUT2D eigenvalue weighted by Crippen LogP contribution is -2.13. The van der Waals surface area contributed by atoms with Crippen LogP contribution in [-0.2, 0) is 21.8 Å². The van der Waals surface area contributed by atoms with Crippen LogP contribution in [0.4, 0.5) is 5.69 Å². The molecule has 2 aromatic carbocycles. The summed E-state index contributed by atoms with van der Waals surface area (Å²) in [6, 6.07) is 11.8. The Balaban J connectivity index is 2.00. The number of anilines is 1. The van der Waals surface area contributed by atoms with Crippen LogP contribution in [0.15, 0.2) is 42.5 Å². The van der Waals surface area contributed by atoms with Crippen LogP contribution in [0.5, 0.6) is 0 Å². The van der Waals surface area contributed by atoms with Crippen molar-refractivity contribution in [2.24, 2.45) is 0 Å². The van der Waals surface area contributed by atoms with Gasteiger partial charge in [-0.05, 0) is 35.7 Å². The van der Waals surface area contributed by atoms with Crippen molar-refractivity contribution in [3.05, 3.63) is 64.2 Å². The number of thioether (sulfide) groups is 1. The van der Waals surface area contributed by atoms with Crippen molar-refractivity contribution in [1.29, 1.82) is 0 Å². The number of aromatic carboxylic acids is 1. The molecule has 0 saturated heterocycles. The second kappa shape index (κ2) is 9.40. The van der Waals surface area contributed by atoms with E-state index in [1.54, 1.807) is 0 Å². The van der Waals surface area contributed by atoms with Crippen LogP contribution >= 0.6 is 23.4 Å². The highest BCUT2D eigenvalue weighted by Crippen LogP contribution is 2.24. The minimum atomic E-state index is -1.09. The van der Waals surface area contributed by atoms with Crippen molar-refractivity contribution in [2.45, 2.75) is 25.5 Å². The number of rotatable bonds is 7. The van der Waals surface area contributed by atoms with Gasteiger partial charge < -0.3 is 10.4 Å². The number of aryl methyl sites for hydroxylation is 1. The Morgan fingerprint density at radius 1 is 1.12 bits per heavy atom. The van der Waals surface area contributed by atoms with E-state index in [9.17, 15) is 14.4 Å². The van der Waals surface area contributed by atoms with Gasteiger partial charge in [-0.1, -0.05) is 47.6 Å². The zero-order chi connectivity index (χ0) is 19.1. The Morgan fingerprint density at radius 2 is 1.81 bits per heavy atom. The Hall–Kier alpha value is -2.31. The third-order valence-electron chi connectivity index (χ3n) is 3.66. The maximum Gasteiger partial charge on any atom is 0.335 e. The maximum absolute atomic E-state index is 12.2. The molecule has 0 radical (unpaired) electrons. The summed E-state index contributed by atoms with van der Waals surface area (Å²) in [5, 5.41) is 12.0. The molecule has 2 aromatic rings. The molecular formula is C19H18ClNO4S. The van der Waals surface area contributed by atoms with Gasteiger partial charge in [0.05, 0.1) is 16.3 Å². The third-order valence-corrected chi connectivity index (χ3v) is 4.85. The van der Waals surface area contributed by atoms with E-state index in [2.05, 4.69) is 5.32 Å². The molecule has 7 heteroatoms. The van der Waals surface area contributed by atoms with Crippen molar-refractivity contribution in [1.82, 2.24) is 0 Å². The molecule has 0 spiro atoms. The average Bonchev–Trinajstić information content (AvgIpc) is 2.60. The average molecular weight is 392 g/mol. The molecule has 0 bridgehead atoms. The minimum absolute atomic E-state index is 0.0468. The van der Waals surface area contributed by atoms with Crippen LogP contribution < -0.4 is 5.32 Å². The number of hydrogen-bond acceptors (Lipinski definition) is 4. The first-order valence-electron chi connectivity index (χ1n) is 7.89. The van der Waals surface area contributed by atoms with Crippen LogP contribution in [0.25, 0.3) is 0 Å². The van der Waals surface area contributed by atoms with E-state index in [1.165, 1.54) is 36.9 Å². The van der Waals surface area contributed by atoms with Crippen LogP contribution in [0, 0.1) is 0 Å². The minimum Gasteiger partial charge on any atom is -0.478 e. The zero-order valence-corrected chi connectivity index (χ0v) is 15.7. The summed E-state index contributed by atoms with van der Waals surface area (Å²) in [6.45, 7) is 1.52. The van der Waals surface area contributed by atoms with Gasteiger partial charge in [0.25, 0.3) is 0 Å². The van der Waals surface area contributed by atoms with Gasteiger partial charge in [-0.25, -0.2) is 4.79 Å². The largest absolute Gasteiger partial charge is 0.478 e. The van der Waals surface area contributed by atoms with E-state index in [4.69, 9.17) is 16.7 Å². The van der Waals surface area contributed by atoms with Gasteiger partial charge >= 0.3 is 5.97 Å².